The maximum atomic E-state index is 12.6. The van der Waals surface area contributed by atoms with E-state index in [9.17, 15) is 4.79 Å². The molecule has 2 N–H and O–H groups in total. The van der Waals surface area contributed by atoms with E-state index in [0.29, 0.717) is 23.3 Å². The van der Waals surface area contributed by atoms with Crippen molar-refractivity contribution >= 4 is 11.6 Å². The van der Waals surface area contributed by atoms with Crippen LogP contribution >= 0.6 is 0 Å². The number of likely N-dealkylation sites (tertiary alicyclic amines) is 1. The molecule has 3 nitrogen and oxygen atoms in total. The van der Waals surface area contributed by atoms with E-state index >= 15 is 0 Å². The number of hydrogen-bond donors (Lipinski definition) is 1. The Balaban J connectivity index is 2.27. The minimum Gasteiger partial charge on any atom is -0.398 e. The van der Waals surface area contributed by atoms with Crippen molar-refractivity contribution in [1.82, 2.24) is 4.90 Å². The van der Waals surface area contributed by atoms with Crippen molar-refractivity contribution in [2.24, 2.45) is 0 Å². The molecular weight excluding hydrogens is 224 g/mol. The van der Waals surface area contributed by atoms with Crippen molar-refractivity contribution in [2.75, 3.05) is 5.73 Å². The van der Waals surface area contributed by atoms with Crippen molar-refractivity contribution in [3.05, 3.63) is 29.3 Å². The van der Waals surface area contributed by atoms with E-state index in [1.807, 2.05) is 24.0 Å². The molecule has 1 amide bonds. The predicted molar refractivity (Wildman–Crippen MR) is 74.5 cm³/mol. The molecule has 1 aliphatic rings. The maximum absolute atomic E-state index is 12.6. The number of anilines is 1. The molecule has 3 heteroatoms. The van der Waals surface area contributed by atoms with Crippen LogP contribution in [0.25, 0.3) is 0 Å². The van der Waals surface area contributed by atoms with Gasteiger partial charge in [-0.3, -0.25) is 4.79 Å². The first kappa shape index (κ1) is 12.9. The molecule has 18 heavy (non-hydrogen) atoms. The van der Waals surface area contributed by atoms with Gasteiger partial charge >= 0.3 is 0 Å². The van der Waals surface area contributed by atoms with Crippen molar-refractivity contribution in [3.63, 3.8) is 0 Å². The van der Waals surface area contributed by atoms with Crippen LogP contribution in [-0.4, -0.2) is 22.9 Å². The molecule has 0 aromatic heterocycles. The van der Waals surface area contributed by atoms with Crippen LogP contribution in [0.5, 0.6) is 0 Å². The summed E-state index contributed by atoms with van der Waals surface area (Å²) in [7, 11) is 0. The topological polar surface area (TPSA) is 46.3 Å². The highest BCUT2D eigenvalue weighted by Crippen LogP contribution is 2.28. The van der Waals surface area contributed by atoms with E-state index in [4.69, 9.17) is 5.73 Å². The third kappa shape index (κ3) is 2.22. The standard InChI is InChI=1S/C15H22N2O/c1-4-13-8-6-11(3)17(13)15(18)12-7-5-10(2)14(16)9-12/h5,7,9,11,13H,4,6,8,16H2,1-3H3. The van der Waals surface area contributed by atoms with Gasteiger partial charge in [-0.25, -0.2) is 0 Å². The number of benzene rings is 1. The molecule has 2 unspecified atom stereocenters. The number of nitrogen functional groups attached to an aromatic ring is 1. The molecule has 1 saturated heterocycles. The third-order valence-electron chi connectivity index (χ3n) is 4.02. The number of aryl methyl sites for hydroxylation is 1. The Hall–Kier alpha value is -1.51. The highest BCUT2D eigenvalue weighted by atomic mass is 16.2. The first-order valence-electron chi connectivity index (χ1n) is 6.73. The summed E-state index contributed by atoms with van der Waals surface area (Å²) in [6.07, 6.45) is 3.24. The summed E-state index contributed by atoms with van der Waals surface area (Å²) in [5.41, 5.74) is 8.32. The van der Waals surface area contributed by atoms with Crippen LogP contribution in [0.1, 0.15) is 49.0 Å². The predicted octanol–water partition coefficient (Wildman–Crippen LogP) is 2.98. The second-order valence-corrected chi connectivity index (χ2v) is 5.27. The van der Waals surface area contributed by atoms with Gasteiger partial charge in [-0.05, 0) is 50.8 Å². The van der Waals surface area contributed by atoms with Gasteiger partial charge in [0.2, 0.25) is 0 Å². The average Bonchev–Trinajstić information content (AvgIpc) is 2.73. The second-order valence-electron chi connectivity index (χ2n) is 5.27. The Morgan fingerprint density at radius 2 is 2.17 bits per heavy atom. The number of nitrogens with zero attached hydrogens (tertiary/aromatic N) is 1. The van der Waals surface area contributed by atoms with Crippen molar-refractivity contribution in [3.8, 4) is 0 Å². The fraction of sp³-hybridized carbons (Fsp3) is 0.533. The number of nitrogens with two attached hydrogens (primary N) is 1. The quantitative estimate of drug-likeness (QED) is 0.815. The molecule has 1 heterocycles. The summed E-state index contributed by atoms with van der Waals surface area (Å²) in [6, 6.07) is 6.32. The highest BCUT2D eigenvalue weighted by molar-refractivity contribution is 5.95. The van der Waals surface area contributed by atoms with Crippen LogP contribution in [0.15, 0.2) is 18.2 Å². The first-order chi connectivity index (χ1) is 8.54. The summed E-state index contributed by atoms with van der Waals surface area (Å²) in [5, 5.41) is 0. The van der Waals surface area contributed by atoms with Gasteiger partial charge in [-0.15, -0.1) is 0 Å². The zero-order valence-electron chi connectivity index (χ0n) is 11.4. The Bertz CT molecular complexity index is 456. The summed E-state index contributed by atoms with van der Waals surface area (Å²) in [4.78, 5) is 14.6. The molecule has 98 valence electrons. The molecule has 0 radical (unpaired) electrons. The van der Waals surface area contributed by atoms with Gasteiger partial charge in [0, 0.05) is 23.3 Å². The second kappa shape index (κ2) is 5.01. The van der Waals surface area contributed by atoms with Crippen LogP contribution in [0.2, 0.25) is 0 Å². The number of carbonyl (C=O) groups excluding carboxylic acids is 1. The molecule has 0 saturated carbocycles. The molecule has 0 bridgehead atoms. The summed E-state index contributed by atoms with van der Waals surface area (Å²) >= 11 is 0. The maximum Gasteiger partial charge on any atom is 0.254 e. The molecule has 1 aromatic rings. The Kier molecular flexibility index (Phi) is 3.60. The number of amides is 1. The number of carbonyl (C=O) groups is 1. The molecule has 1 fully saturated rings. The zero-order chi connectivity index (χ0) is 13.3. The van der Waals surface area contributed by atoms with Gasteiger partial charge in [-0.2, -0.15) is 0 Å². The lowest BCUT2D eigenvalue weighted by Gasteiger charge is -2.28. The minimum atomic E-state index is 0.124. The van der Waals surface area contributed by atoms with E-state index in [1.165, 1.54) is 0 Å². The smallest absolute Gasteiger partial charge is 0.254 e. The minimum absolute atomic E-state index is 0.124. The van der Waals surface area contributed by atoms with E-state index in [1.54, 1.807) is 6.07 Å². The third-order valence-corrected chi connectivity index (χ3v) is 4.02. The van der Waals surface area contributed by atoms with Crippen LogP contribution in [0.3, 0.4) is 0 Å². The largest absolute Gasteiger partial charge is 0.398 e. The SMILES string of the molecule is CCC1CCC(C)N1C(=O)c1ccc(C)c(N)c1. The lowest BCUT2D eigenvalue weighted by atomic mass is 10.1. The number of hydrogen-bond acceptors (Lipinski definition) is 2. The van der Waals surface area contributed by atoms with E-state index < -0.39 is 0 Å². The molecule has 2 atom stereocenters. The van der Waals surface area contributed by atoms with Crippen molar-refractivity contribution in [1.29, 1.82) is 0 Å². The summed E-state index contributed by atoms with van der Waals surface area (Å²) < 4.78 is 0. The zero-order valence-corrected chi connectivity index (χ0v) is 11.4. The fourth-order valence-corrected chi connectivity index (χ4v) is 2.76. The number of rotatable bonds is 2. The highest BCUT2D eigenvalue weighted by Gasteiger charge is 2.33. The fourth-order valence-electron chi connectivity index (χ4n) is 2.76. The van der Waals surface area contributed by atoms with E-state index in [2.05, 4.69) is 13.8 Å². The average molecular weight is 246 g/mol. The monoisotopic (exact) mass is 246 g/mol. The van der Waals surface area contributed by atoms with Gasteiger partial charge in [0.05, 0.1) is 0 Å². The van der Waals surface area contributed by atoms with Gasteiger partial charge in [0.15, 0.2) is 0 Å². The molecule has 1 aliphatic heterocycles. The Labute approximate surface area is 109 Å². The van der Waals surface area contributed by atoms with E-state index in [-0.39, 0.29) is 5.91 Å². The van der Waals surface area contributed by atoms with E-state index in [0.717, 1.165) is 24.8 Å². The molecule has 0 aliphatic carbocycles. The first-order valence-corrected chi connectivity index (χ1v) is 6.73. The van der Waals surface area contributed by atoms with Crippen molar-refractivity contribution in [2.45, 2.75) is 52.1 Å². The van der Waals surface area contributed by atoms with Gasteiger partial charge in [0.1, 0.15) is 0 Å². The van der Waals surface area contributed by atoms with Crippen LogP contribution in [0.4, 0.5) is 5.69 Å². The molecular formula is C15H22N2O. The summed E-state index contributed by atoms with van der Waals surface area (Å²) in [6.45, 7) is 6.23. The van der Waals surface area contributed by atoms with Crippen molar-refractivity contribution < 1.29 is 4.79 Å². The lowest BCUT2D eigenvalue weighted by molar-refractivity contribution is 0.0676. The summed E-state index contributed by atoms with van der Waals surface area (Å²) in [5.74, 6) is 0.124. The normalized spacial score (nSPS) is 23.4. The van der Waals surface area contributed by atoms with Gasteiger partial charge in [-0.1, -0.05) is 13.0 Å². The van der Waals surface area contributed by atoms with Gasteiger partial charge in [0.25, 0.3) is 5.91 Å². The molecule has 0 spiro atoms. The Morgan fingerprint density at radius 3 is 2.78 bits per heavy atom. The lowest BCUT2D eigenvalue weighted by Crippen LogP contribution is -2.39. The van der Waals surface area contributed by atoms with Crippen LogP contribution < -0.4 is 5.73 Å². The Morgan fingerprint density at radius 1 is 1.44 bits per heavy atom. The van der Waals surface area contributed by atoms with Gasteiger partial charge < -0.3 is 10.6 Å². The molecule has 2 rings (SSSR count). The van der Waals surface area contributed by atoms with Crippen LogP contribution in [0, 0.1) is 6.92 Å². The van der Waals surface area contributed by atoms with Crippen LogP contribution in [-0.2, 0) is 0 Å². The molecule has 1 aromatic carbocycles.